The number of aromatic amines is 1. The van der Waals surface area contributed by atoms with Gasteiger partial charge in [-0.05, 0) is 30.3 Å². The van der Waals surface area contributed by atoms with Gasteiger partial charge >= 0.3 is 0 Å². The summed E-state index contributed by atoms with van der Waals surface area (Å²) in [7, 11) is 0. The number of nitrogens with zero attached hydrogens (tertiary/aromatic N) is 2. The summed E-state index contributed by atoms with van der Waals surface area (Å²) < 4.78 is 6.27. The van der Waals surface area contributed by atoms with Crippen LogP contribution >= 0.6 is 0 Å². The Morgan fingerprint density at radius 3 is 2.78 bits per heavy atom. The summed E-state index contributed by atoms with van der Waals surface area (Å²) in [6, 6.07) is 12.5. The number of para-hydroxylation sites is 1. The van der Waals surface area contributed by atoms with E-state index in [9.17, 15) is 9.59 Å². The average Bonchev–Trinajstić information content (AvgIpc) is 3.13. The van der Waals surface area contributed by atoms with Crippen molar-refractivity contribution in [3.05, 3.63) is 59.9 Å². The molecule has 2 aliphatic heterocycles. The molecule has 1 saturated heterocycles. The van der Waals surface area contributed by atoms with Gasteiger partial charge in [0, 0.05) is 37.5 Å². The molecule has 0 bridgehead atoms. The summed E-state index contributed by atoms with van der Waals surface area (Å²) in [5.74, 6) is -0.184. The number of carbonyl (C=O) groups is 2. The molecule has 7 nitrogen and oxygen atoms in total. The van der Waals surface area contributed by atoms with Crippen LogP contribution in [0.3, 0.4) is 0 Å². The zero-order chi connectivity index (χ0) is 18.4. The minimum Gasteiger partial charge on any atom is -0.466 e. The van der Waals surface area contributed by atoms with Gasteiger partial charge in [-0.1, -0.05) is 12.1 Å². The number of aromatic nitrogens is 2. The molecule has 2 aliphatic rings. The number of ether oxygens (including phenoxy) is 1. The van der Waals surface area contributed by atoms with Gasteiger partial charge in [0.05, 0.1) is 5.56 Å². The lowest BCUT2D eigenvalue weighted by Crippen LogP contribution is -2.64. The van der Waals surface area contributed by atoms with Gasteiger partial charge in [-0.3, -0.25) is 9.59 Å². The number of amides is 2. The SMILES string of the molecule is O=C(c1cc2cccnc2[nH]1)N1C(=O)c2ccccc2OC12CCNCC2. The Labute approximate surface area is 155 Å². The number of piperidine rings is 1. The summed E-state index contributed by atoms with van der Waals surface area (Å²) in [5.41, 5.74) is 0.381. The predicted molar refractivity (Wildman–Crippen MR) is 98.5 cm³/mol. The third-order valence-electron chi connectivity index (χ3n) is 5.24. The molecule has 1 spiro atoms. The van der Waals surface area contributed by atoms with Gasteiger partial charge in [0.15, 0.2) is 5.72 Å². The smallest absolute Gasteiger partial charge is 0.280 e. The van der Waals surface area contributed by atoms with Gasteiger partial charge in [0.25, 0.3) is 11.8 Å². The third kappa shape index (κ3) is 2.43. The number of pyridine rings is 1. The zero-order valence-corrected chi connectivity index (χ0v) is 14.6. The van der Waals surface area contributed by atoms with Crippen molar-refractivity contribution >= 4 is 22.8 Å². The number of nitrogens with one attached hydrogen (secondary N) is 2. The van der Waals surface area contributed by atoms with E-state index in [1.807, 2.05) is 18.2 Å². The molecule has 1 fully saturated rings. The Morgan fingerprint density at radius 1 is 1.15 bits per heavy atom. The molecule has 2 aromatic heterocycles. The lowest BCUT2D eigenvalue weighted by atomic mass is 9.95. The van der Waals surface area contributed by atoms with Crippen molar-refractivity contribution < 1.29 is 14.3 Å². The number of fused-ring (bicyclic) bond motifs is 2. The summed E-state index contributed by atoms with van der Waals surface area (Å²) in [5, 5.41) is 4.09. The molecule has 27 heavy (non-hydrogen) atoms. The Balaban J connectivity index is 1.62. The topological polar surface area (TPSA) is 87.3 Å². The standard InChI is InChI=1S/C20H18N4O3/c25-18-14-5-1-2-6-16(14)27-20(7-10-21-11-8-20)24(18)19(26)15-12-13-4-3-9-22-17(13)23-15/h1-6,9,12,21H,7-8,10-11H2,(H,22,23). The maximum Gasteiger partial charge on any atom is 0.280 e. The summed E-state index contributed by atoms with van der Waals surface area (Å²) in [4.78, 5) is 35.3. The first-order valence-electron chi connectivity index (χ1n) is 8.99. The first-order valence-corrected chi connectivity index (χ1v) is 8.99. The molecule has 1 aromatic carbocycles. The molecule has 0 aliphatic carbocycles. The van der Waals surface area contributed by atoms with E-state index < -0.39 is 11.6 Å². The van der Waals surface area contributed by atoms with E-state index in [1.54, 1.807) is 30.5 Å². The van der Waals surface area contributed by atoms with Crippen LogP contribution in [-0.4, -0.2) is 45.5 Å². The van der Waals surface area contributed by atoms with Crippen LogP contribution in [-0.2, 0) is 0 Å². The molecule has 0 radical (unpaired) electrons. The fourth-order valence-corrected chi connectivity index (χ4v) is 3.90. The molecule has 2 amide bonds. The largest absolute Gasteiger partial charge is 0.466 e. The highest BCUT2D eigenvalue weighted by molar-refractivity contribution is 6.13. The fourth-order valence-electron chi connectivity index (χ4n) is 3.90. The molecule has 136 valence electrons. The van der Waals surface area contributed by atoms with E-state index in [4.69, 9.17) is 4.74 Å². The first kappa shape index (κ1) is 16.0. The number of H-pyrrole nitrogens is 1. The molecular weight excluding hydrogens is 344 g/mol. The molecule has 5 rings (SSSR count). The van der Waals surface area contributed by atoms with Crippen LogP contribution in [0, 0.1) is 0 Å². The number of rotatable bonds is 1. The monoisotopic (exact) mass is 362 g/mol. The molecule has 4 heterocycles. The van der Waals surface area contributed by atoms with E-state index in [2.05, 4.69) is 15.3 Å². The van der Waals surface area contributed by atoms with Gasteiger partial charge in [-0.25, -0.2) is 9.88 Å². The average molecular weight is 362 g/mol. The lowest BCUT2D eigenvalue weighted by molar-refractivity contribution is -0.0778. The summed E-state index contributed by atoms with van der Waals surface area (Å²) >= 11 is 0. The number of hydrogen-bond acceptors (Lipinski definition) is 5. The van der Waals surface area contributed by atoms with E-state index in [0.717, 1.165) is 5.39 Å². The van der Waals surface area contributed by atoms with Crippen molar-refractivity contribution in [2.75, 3.05) is 13.1 Å². The third-order valence-corrected chi connectivity index (χ3v) is 5.24. The first-order chi connectivity index (χ1) is 13.2. The van der Waals surface area contributed by atoms with Crippen molar-refractivity contribution in [1.82, 2.24) is 20.2 Å². The van der Waals surface area contributed by atoms with E-state index >= 15 is 0 Å². The zero-order valence-electron chi connectivity index (χ0n) is 14.6. The van der Waals surface area contributed by atoms with E-state index in [-0.39, 0.29) is 5.91 Å². The van der Waals surface area contributed by atoms with Crippen LogP contribution in [0.1, 0.15) is 33.7 Å². The van der Waals surface area contributed by atoms with Crippen LogP contribution in [0.15, 0.2) is 48.7 Å². The molecule has 7 heteroatoms. The Morgan fingerprint density at radius 2 is 1.96 bits per heavy atom. The van der Waals surface area contributed by atoms with Gasteiger partial charge < -0.3 is 15.0 Å². The maximum atomic E-state index is 13.4. The molecule has 2 N–H and O–H groups in total. The number of benzene rings is 1. The van der Waals surface area contributed by atoms with Crippen LogP contribution in [0.4, 0.5) is 0 Å². The molecule has 0 saturated carbocycles. The number of carbonyl (C=O) groups excluding carboxylic acids is 2. The quantitative estimate of drug-likeness (QED) is 0.649. The molecule has 3 aromatic rings. The van der Waals surface area contributed by atoms with Crippen LogP contribution < -0.4 is 10.1 Å². The second kappa shape index (κ2) is 5.92. The molecule has 0 unspecified atom stereocenters. The molecule has 0 atom stereocenters. The Kier molecular flexibility index (Phi) is 3.51. The van der Waals surface area contributed by atoms with E-state index in [1.165, 1.54) is 4.90 Å². The van der Waals surface area contributed by atoms with Crippen molar-refractivity contribution in [3.8, 4) is 5.75 Å². The predicted octanol–water partition coefficient (Wildman–Crippen LogP) is 2.32. The normalized spacial score (nSPS) is 18.4. The van der Waals surface area contributed by atoms with Gasteiger partial charge in [-0.15, -0.1) is 0 Å². The highest BCUT2D eigenvalue weighted by Gasteiger charge is 2.51. The minimum absolute atomic E-state index is 0.324. The highest BCUT2D eigenvalue weighted by atomic mass is 16.5. The Hall–Kier alpha value is -3.19. The number of imide groups is 1. The van der Waals surface area contributed by atoms with Crippen molar-refractivity contribution in [3.63, 3.8) is 0 Å². The maximum absolute atomic E-state index is 13.4. The second-order valence-corrected chi connectivity index (χ2v) is 6.86. The Bertz CT molecular complexity index is 1020. The summed E-state index contributed by atoms with van der Waals surface area (Å²) in [6.07, 6.45) is 2.74. The van der Waals surface area contributed by atoms with Gasteiger partial charge in [-0.2, -0.15) is 0 Å². The van der Waals surface area contributed by atoms with Crippen LogP contribution in [0.2, 0.25) is 0 Å². The minimum atomic E-state index is -0.974. The lowest BCUT2D eigenvalue weighted by Gasteiger charge is -2.47. The van der Waals surface area contributed by atoms with Gasteiger partial charge in [0.1, 0.15) is 17.1 Å². The van der Waals surface area contributed by atoms with Crippen molar-refractivity contribution in [2.24, 2.45) is 0 Å². The summed E-state index contributed by atoms with van der Waals surface area (Å²) in [6.45, 7) is 1.35. The van der Waals surface area contributed by atoms with Crippen molar-refractivity contribution in [2.45, 2.75) is 18.6 Å². The van der Waals surface area contributed by atoms with Crippen molar-refractivity contribution in [1.29, 1.82) is 0 Å². The van der Waals surface area contributed by atoms with Crippen LogP contribution in [0.25, 0.3) is 11.0 Å². The second-order valence-electron chi connectivity index (χ2n) is 6.86. The molecular formula is C20H18N4O3. The van der Waals surface area contributed by atoms with E-state index in [0.29, 0.717) is 48.6 Å². The van der Waals surface area contributed by atoms with Gasteiger partial charge in [0.2, 0.25) is 0 Å². The number of hydrogen-bond donors (Lipinski definition) is 2. The van der Waals surface area contributed by atoms with Crippen LogP contribution in [0.5, 0.6) is 5.75 Å². The highest BCUT2D eigenvalue weighted by Crippen LogP contribution is 2.39. The fraction of sp³-hybridized carbons (Fsp3) is 0.250.